The molecular formula is C15H14F2NO3-. The molecule has 2 saturated carbocycles. The van der Waals surface area contributed by atoms with Gasteiger partial charge >= 0.3 is 0 Å². The Morgan fingerprint density at radius 1 is 1.14 bits per heavy atom. The zero-order chi connectivity index (χ0) is 15.1. The molecular weight excluding hydrogens is 280 g/mol. The van der Waals surface area contributed by atoms with E-state index in [-0.39, 0.29) is 17.5 Å². The topological polar surface area (TPSA) is 69.2 Å². The Morgan fingerprint density at radius 2 is 1.81 bits per heavy atom. The molecule has 1 aromatic rings. The molecule has 0 aromatic heterocycles. The van der Waals surface area contributed by atoms with Crippen molar-refractivity contribution in [1.82, 2.24) is 0 Å². The first-order valence-corrected chi connectivity index (χ1v) is 6.94. The molecule has 1 amide bonds. The number of rotatable bonds is 3. The molecule has 0 saturated heterocycles. The lowest BCUT2D eigenvalue weighted by Crippen LogP contribution is -2.44. The summed E-state index contributed by atoms with van der Waals surface area (Å²) < 4.78 is 26.7. The van der Waals surface area contributed by atoms with Crippen LogP contribution >= 0.6 is 0 Å². The van der Waals surface area contributed by atoms with Gasteiger partial charge in [-0.2, -0.15) is 0 Å². The van der Waals surface area contributed by atoms with Crippen LogP contribution in [0.15, 0.2) is 18.2 Å². The van der Waals surface area contributed by atoms with Crippen LogP contribution in [0.5, 0.6) is 0 Å². The van der Waals surface area contributed by atoms with Crippen LogP contribution in [0.2, 0.25) is 0 Å². The van der Waals surface area contributed by atoms with Crippen LogP contribution in [-0.2, 0) is 9.59 Å². The second-order valence-electron chi connectivity index (χ2n) is 5.82. The molecule has 112 valence electrons. The van der Waals surface area contributed by atoms with Gasteiger partial charge in [-0.3, -0.25) is 4.79 Å². The maximum atomic E-state index is 13.6. The minimum atomic E-state index is -1.23. The zero-order valence-corrected chi connectivity index (χ0v) is 11.1. The number of nitrogens with one attached hydrogen (secondary N) is 1. The van der Waals surface area contributed by atoms with E-state index in [1.54, 1.807) is 0 Å². The van der Waals surface area contributed by atoms with Gasteiger partial charge in [0, 0.05) is 23.9 Å². The Balaban J connectivity index is 1.81. The van der Waals surface area contributed by atoms with Crippen molar-refractivity contribution in [2.75, 3.05) is 5.32 Å². The first-order valence-electron chi connectivity index (χ1n) is 6.94. The lowest BCUT2D eigenvalue weighted by molar-refractivity contribution is -0.314. The average molecular weight is 294 g/mol. The summed E-state index contributed by atoms with van der Waals surface area (Å²) in [7, 11) is 0. The lowest BCUT2D eigenvalue weighted by atomic mass is 9.78. The van der Waals surface area contributed by atoms with Crippen LogP contribution in [0.25, 0.3) is 0 Å². The number of carboxylic acid groups (broad SMARTS) is 1. The van der Waals surface area contributed by atoms with Crippen molar-refractivity contribution in [2.45, 2.75) is 19.3 Å². The number of carbonyl (C=O) groups excluding carboxylic acids is 2. The second kappa shape index (κ2) is 5.09. The Hall–Kier alpha value is -1.98. The van der Waals surface area contributed by atoms with Gasteiger partial charge in [0.2, 0.25) is 5.91 Å². The Kier molecular flexibility index (Phi) is 3.39. The van der Waals surface area contributed by atoms with Gasteiger partial charge in [-0.15, -0.1) is 0 Å². The number of halogens is 2. The maximum Gasteiger partial charge on any atom is 0.228 e. The molecule has 1 aromatic carbocycles. The van der Waals surface area contributed by atoms with Gasteiger partial charge in [0.05, 0.1) is 5.69 Å². The summed E-state index contributed by atoms with van der Waals surface area (Å²) in [6.45, 7) is 0. The first kappa shape index (κ1) is 14.0. The van der Waals surface area contributed by atoms with Crippen LogP contribution in [0, 0.1) is 35.3 Å². The van der Waals surface area contributed by atoms with E-state index >= 15 is 0 Å². The van der Waals surface area contributed by atoms with E-state index in [1.807, 2.05) is 0 Å². The number of hydrogen-bond donors (Lipinski definition) is 1. The summed E-state index contributed by atoms with van der Waals surface area (Å²) in [5, 5.41) is 13.6. The smallest absolute Gasteiger partial charge is 0.228 e. The molecule has 0 heterocycles. The van der Waals surface area contributed by atoms with Gasteiger partial charge in [-0.25, -0.2) is 8.78 Å². The number of amides is 1. The number of carbonyl (C=O) groups is 2. The number of aliphatic carboxylic acids is 1. The van der Waals surface area contributed by atoms with Gasteiger partial charge < -0.3 is 15.2 Å². The largest absolute Gasteiger partial charge is 0.550 e. The van der Waals surface area contributed by atoms with Crippen molar-refractivity contribution in [2.24, 2.45) is 23.7 Å². The molecule has 4 nitrogen and oxygen atoms in total. The highest BCUT2D eigenvalue weighted by atomic mass is 19.1. The molecule has 2 aliphatic rings. The van der Waals surface area contributed by atoms with Gasteiger partial charge in [-0.05, 0) is 43.2 Å². The highest BCUT2D eigenvalue weighted by Crippen LogP contribution is 2.52. The minimum absolute atomic E-state index is 0.0190. The van der Waals surface area contributed by atoms with E-state index in [0.717, 1.165) is 31.0 Å². The standard InChI is InChI=1S/C15H15F2NO3/c16-9-3-4-10(17)11(6-9)18-14(19)12-7-1-2-8(5-7)13(12)15(20)21/h3-4,6-8,12-13H,1-2,5H2,(H,18,19)(H,20,21)/p-1. The predicted octanol–water partition coefficient (Wildman–Crippen LogP) is 1.32. The second-order valence-corrected chi connectivity index (χ2v) is 5.82. The summed E-state index contributed by atoms with van der Waals surface area (Å²) in [6, 6.07) is 2.75. The maximum absolute atomic E-state index is 13.6. The Morgan fingerprint density at radius 3 is 2.48 bits per heavy atom. The summed E-state index contributed by atoms with van der Waals surface area (Å²) in [6.07, 6.45) is 2.25. The highest BCUT2D eigenvalue weighted by molar-refractivity contribution is 5.95. The summed E-state index contributed by atoms with van der Waals surface area (Å²) in [4.78, 5) is 23.5. The third-order valence-corrected chi connectivity index (χ3v) is 4.68. The molecule has 0 radical (unpaired) electrons. The van der Waals surface area contributed by atoms with Gasteiger partial charge in [-0.1, -0.05) is 0 Å². The predicted molar refractivity (Wildman–Crippen MR) is 67.8 cm³/mol. The van der Waals surface area contributed by atoms with Crippen LogP contribution in [-0.4, -0.2) is 11.9 Å². The molecule has 1 N–H and O–H groups in total. The fourth-order valence-electron chi connectivity index (χ4n) is 3.82. The summed E-state index contributed by atoms with van der Waals surface area (Å²) >= 11 is 0. The van der Waals surface area contributed by atoms with E-state index in [9.17, 15) is 23.5 Å². The van der Waals surface area contributed by atoms with Gasteiger partial charge in [0.15, 0.2) is 0 Å². The minimum Gasteiger partial charge on any atom is -0.550 e. The molecule has 0 spiro atoms. The summed E-state index contributed by atoms with van der Waals surface area (Å²) in [5.41, 5.74) is -0.264. The van der Waals surface area contributed by atoms with E-state index in [4.69, 9.17) is 0 Å². The first-order chi connectivity index (χ1) is 9.97. The van der Waals surface area contributed by atoms with Crippen LogP contribution in [0.3, 0.4) is 0 Å². The van der Waals surface area contributed by atoms with Crippen molar-refractivity contribution in [1.29, 1.82) is 0 Å². The molecule has 3 rings (SSSR count). The molecule has 4 unspecified atom stereocenters. The number of fused-ring (bicyclic) bond motifs is 2. The number of benzene rings is 1. The molecule has 4 atom stereocenters. The fourth-order valence-corrected chi connectivity index (χ4v) is 3.82. The van der Waals surface area contributed by atoms with E-state index in [1.165, 1.54) is 0 Å². The van der Waals surface area contributed by atoms with Crippen LogP contribution in [0.1, 0.15) is 19.3 Å². The van der Waals surface area contributed by atoms with Crippen molar-refractivity contribution in [3.05, 3.63) is 29.8 Å². The van der Waals surface area contributed by atoms with Crippen LogP contribution in [0.4, 0.5) is 14.5 Å². The van der Waals surface area contributed by atoms with Crippen molar-refractivity contribution >= 4 is 17.6 Å². The molecule has 2 fully saturated rings. The normalized spacial score (nSPS) is 30.4. The fraction of sp³-hybridized carbons (Fsp3) is 0.467. The number of hydrogen-bond acceptors (Lipinski definition) is 3. The number of anilines is 1. The molecule has 2 aliphatic carbocycles. The molecule has 21 heavy (non-hydrogen) atoms. The molecule has 0 aliphatic heterocycles. The third-order valence-electron chi connectivity index (χ3n) is 4.68. The lowest BCUT2D eigenvalue weighted by Gasteiger charge is -2.30. The molecule has 2 bridgehead atoms. The van der Waals surface area contributed by atoms with Crippen molar-refractivity contribution in [3.63, 3.8) is 0 Å². The molecule has 6 heteroatoms. The average Bonchev–Trinajstić information content (AvgIpc) is 3.03. The summed E-state index contributed by atoms with van der Waals surface area (Å²) in [5.74, 6) is -4.85. The van der Waals surface area contributed by atoms with E-state index < -0.39 is 35.3 Å². The van der Waals surface area contributed by atoms with E-state index in [2.05, 4.69) is 5.32 Å². The van der Waals surface area contributed by atoms with Crippen molar-refractivity contribution < 1.29 is 23.5 Å². The Bertz CT molecular complexity index is 605. The Labute approximate surface area is 120 Å². The van der Waals surface area contributed by atoms with Crippen molar-refractivity contribution in [3.8, 4) is 0 Å². The quantitative estimate of drug-likeness (QED) is 0.914. The zero-order valence-electron chi connectivity index (χ0n) is 11.1. The van der Waals surface area contributed by atoms with Crippen LogP contribution < -0.4 is 10.4 Å². The monoisotopic (exact) mass is 294 g/mol. The SMILES string of the molecule is O=C([O-])C1C2CCC(C2)C1C(=O)Nc1cc(F)ccc1F. The third kappa shape index (κ3) is 2.39. The number of carboxylic acids is 1. The highest BCUT2D eigenvalue weighted by Gasteiger charge is 2.51. The van der Waals surface area contributed by atoms with E-state index in [0.29, 0.717) is 6.42 Å². The van der Waals surface area contributed by atoms with Gasteiger partial charge in [0.25, 0.3) is 0 Å². The van der Waals surface area contributed by atoms with Gasteiger partial charge in [0.1, 0.15) is 11.6 Å².